The quantitative estimate of drug-likeness (QED) is 0.641. The molecule has 0 spiro atoms. The number of nitrogens with zero attached hydrogens (tertiary/aromatic N) is 3. The molecule has 0 amide bonds. The lowest BCUT2D eigenvalue weighted by atomic mass is 10.0. The van der Waals surface area contributed by atoms with Crippen molar-refractivity contribution in [3.05, 3.63) is 30.1 Å². The van der Waals surface area contributed by atoms with Crippen LogP contribution >= 0.6 is 0 Å². The minimum absolute atomic E-state index is 0.0650. The lowest BCUT2D eigenvalue weighted by Crippen LogP contribution is -2.00. The minimum atomic E-state index is 0.0650. The zero-order valence-electron chi connectivity index (χ0n) is 7.14. The summed E-state index contributed by atoms with van der Waals surface area (Å²) < 4.78 is 0. The minimum Gasteiger partial charge on any atom is -0.288 e. The van der Waals surface area contributed by atoms with Gasteiger partial charge in [-0.3, -0.25) is 9.98 Å². The second kappa shape index (κ2) is 3.36. The van der Waals surface area contributed by atoms with Crippen LogP contribution in [0.5, 0.6) is 0 Å². The highest BCUT2D eigenvalue weighted by Crippen LogP contribution is 2.16. The maximum Gasteiger partial charge on any atom is 0.0714 e. The Bertz CT molecular complexity index is 362. The topological polar surface area (TPSA) is 49.0 Å². The van der Waals surface area contributed by atoms with Gasteiger partial charge in [0, 0.05) is 30.1 Å². The molecule has 1 unspecified atom stereocenters. The van der Waals surface area contributed by atoms with Crippen molar-refractivity contribution in [1.29, 1.82) is 5.26 Å². The fourth-order valence-corrected chi connectivity index (χ4v) is 1.41. The molecule has 0 fully saturated rings. The van der Waals surface area contributed by atoms with Crippen LogP contribution in [-0.4, -0.2) is 17.2 Å². The standard InChI is InChI=1S/C10H9N3/c11-5-8-4-10(13-6-8)9-2-1-3-12-7-9/h1-3,7-8H,4,6H2. The van der Waals surface area contributed by atoms with Crippen LogP contribution in [0.15, 0.2) is 29.5 Å². The van der Waals surface area contributed by atoms with Gasteiger partial charge in [-0.2, -0.15) is 5.26 Å². The highest BCUT2D eigenvalue weighted by Gasteiger charge is 2.18. The largest absolute Gasteiger partial charge is 0.288 e. The summed E-state index contributed by atoms with van der Waals surface area (Å²) in [6, 6.07) is 6.09. The molecule has 0 bridgehead atoms. The van der Waals surface area contributed by atoms with E-state index in [0.717, 1.165) is 17.7 Å². The predicted octanol–water partition coefficient (Wildman–Crippen LogP) is 1.41. The van der Waals surface area contributed by atoms with E-state index in [1.807, 2.05) is 12.1 Å². The number of aromatic nitrogens is 1. The monoisotopic (exact) mass is 171 g/mol. The smallest absolute Gasteiger partial charge is 0.0714 e. The molecule has 1 aliphatic heterocycles. The van der Waals surface area contributed by atoms with Gasteiger partial charge in [0.25, 0.3) is 0 Å². The summed E-state index contributed by atoms with van der Waals surface area (Å²) in [5, 5.41) is 8.69. The van der Waals surface area contributed by atoms with E-state index in [1.54, 1.807) is 12.4 Å². The molecule has 1 atom stereocenters. The van der Waals surface area contributed by atoms with Crippen molar-refractivity contribution >= 4 is 5.71 Å². The van der Waals surface area contributed by atoms with Crippen molar-refractivity contribution in [2.75, 3.05) is 6.54 Å². The molecule has 1 aromatic rings. The van der Waals surface area contributed by atoms with Gasteiger partial charge in [-0.1, -0.05) is 6.07 Å². The van der Waals surface area contributed by atoms with Crippen molar-refractivity contribution in [3.8, 4) is 6.07 Å². The normalized spacial score (nSPS) is 20.8. The Hall–Kier alpha value is -1.69. The molecular formula is C10H9N3. The first kappa shape index (κ1) is 7.93. The van der Waals surface area contributed by atoms with Gasteiger partial charge in [0.15, 0.2) is 0 Å². The molecule has 0 aromatic carbocycles. The average Bonchev–Trinajstić information content (AvgIpc) is 2.67. The molecule has 2 heterocycles. The number of hydrogen-bond donors (Lipinski definition) is 0. The molecule has 3 heteroatoms. The zero-order chi connectivity index (χ0) is 9.10. The van der Waals surface area contributed by atoms with Gasteiger partial charge in [0.2, 0.25) is 0 Å². The second-order valence-electron chi connectivity index (χ2n) is 3.06. The van der Waals surface area contributed by atoms with Crippen LogP contribution < -0.4 is 0 Å². The fourth-order valence-electron chi connectivity index (χ4n) is 1.41. The first-order chi connectivity index (χ1) is 6.40. The van der Waals surface area contributed by atoms with Crippen LogP contribution in [0.25, 0.3) is 0 Å². The zero-order valence-corrected chi connectivity index (χ0v) is 7.14. The van der Waals surface area contributed by atoms with Gasteiger partial charge in [-0.05, 0) is 6.07 Å². The third kappa shape index (κ3) is 1.57. The Kier molecular flexibility index (Phi) is 2.05. The number of nitriles is 1. The molecular weight excluding hydrogens is 162 g/mol. The van der Waals surface area contributed by atoms with E-state index in [1.165, 1.54) is 0 Å². The summed E-state index contributed by atoms with van der Waals surface area (Å²) >= 11 is 0. The van der Waals surface area contributed by atoms with Gasteiger partial charge in [-0.25, -0.2) is 0 Å². The molecule has 0 radical (unpaired) electrons. The van der Waals surface area contributed by atoms with Gasteiger partial charge < -0.3 is 0 Å². The predicted molar refractivity (Wildman–Crippen MR) is 49.4 cm³/mol. The first-order valence-electron chi connectivity index (χ1n) is 4.23. The van der Waals surface area contributed by atoms with E-state index < -0.39 is 0 Å². The molecule has 64 valence electrons. The van der Waals surface area contributed by atoms with Crippen molar-refractivity contribution in [2.45, 2.75) is 6.42 Å². The van der Waals surface area contributed by atoms with E-state index in [2.05, 4.69) is 16.0 Å². The highest BCUT2D eigenvalue weighted by atomic mass is 14.8. The van der Waals surface area contributed by atoms with Crippen molar-refractivity contribution in [2.24, 2.45) is 10.9 Å². The summed E-state index contributed by atoms with van der Waals surface area (Å²) in [5.74, 6) is 0.0650. The van der Waals surface area contributed by atoms with E-state index >= 15 is 0 Å². The molecule has 0 saturated heterocycles. The van der Waals surface area contributed by atoms with Crippen molar-refractivity contribution < 1.29 is 0 Å². The molecule has 2 rings (SSSR count). The second-order valence-corrected chi connectivity index (χ2v) is 3.06. The molecule has 3 nitrogen and oxygen atoms in total. The molecule has 1 aliphatic rings. The van der Waals surface area contributed by atoms with Gasteiger partial charge >= 0.3 is 0 Å². The lowest BCUT2D eigenvalue weighted by molar-refractivity contribution is 0.759. The summed E-state index contributed by atoms with van der Waals surface area (Å²) in [6.07, 6.45) is 4.29. The van der Waals surface area contributed by atoms with E-state index in [-0.39, 0.29) is 5.92 Å². The van der Waals surface area contributed by atoms with Crippen LogP contribution in [0.3, 0.4) is 0 Å². The van der Waals surface area contributed by atoms with Crippen molar-refractivity contribution in [3.63, 3.8) is 0 Å². The number of rotatable bonds is 1. The van der Waals surface area contributed by atoms with E-state index in [0.29, 0.717) is 6.54 Å². The SMILES string of the molecule is N#CC1CN=C(c2cccnc2)C1. The Labute approximate surface area is 76.8 Å². The summed E-state index contributed by atoms with van der Waals surface area (Å²) in [4.78, 5) is 8.33. The average molecular weight is 171 g/mol. The van der Waals surface area contributed by atoms with Crippen LogP contribution in [0.1, 0.15) is 12.0 Å². The number of pyridine rings is 1. The third-order valence-corrected chi connectivity index (χ3v) is 2.12. The summed E-state index contributed by atoms with van der Waals surface area (Å²) in [6.45, 7) is 0.640. The number of aliphatic imine (C=N–C) groups is 1. The maximum atomic E-state index is 8.69. The fraction of sp³-hybridized carbons (Fsp3) is 0.300. The van der Waals surface area contributed by atoms with Gasteiger partial charge in [0.05, 0.1) is 18.5 Å². The van der Waals surface area contributed by atoms with Crippen molar-refractivity contribution in [1.82, 2.24) is 4.98 Å². The first-order valence-corrected chi connectivity index (χ1v) is 4.23. The van der Waals surface area contributed by atoms with Gasteiger partial charge in [0.1, 0.15) is 0 Å². The van der Waals surface area contributed by atoms with Crippen LogP contribution in [0.4, 0.5) is 0 Å². The van der Waals surface area contributed by atoms with Crippen LogP contribution in [0, 0.1) is 17.2 Å². The van der Waals surface area contributed by atoms with E-state index in [9.17, 15) is 0 Å². The molecule has 0 N–H and O–H groups in total. The Morgan fingerprint density at radius 2 is 2.46 bits per heavy atom. The summed E-state index contributed by atoms with van der Waals surface area (Å²) in [5.41, 5.74) is 2.06. The summed E-state index contributed by atoms with van der Waals surface area (Å²) in [7, 11) is 0. The maximum absolute atomic E-state index is 8.69. The number of hydrogen-bond acceptors (Lipinski definition) is 3. The molecule has 0 saturated carbocycles. The molecule has 13 heavy (non-hydrogen) atoms. The van der Waals surface area contributed by atoms with Crippen LogP contribution in [0.2, 0.25) is 0 Å². The molecule has 0 aliphatic carbocycles. The third-order valence-electron chi connectivity index (χ3n) is 2.12. The molecule has 1 aromatic heterocycles. The van der Waals surface area contributed by atoms with Gasteiger partial charge in [-0.15, -0.1) is 0 Å². The van der Waals surface area contributed by atoms with E-state index in [4.69, 9.17) is 5.26 Å². The van der Waals surface area contributed by atoms with Crippen LogP contribution in [-0.2, 0) is 0 Å². The Morgan fingerprint density at radius 1 is 1.54 bits per heavy atom. The Morgan fingerprint density at radius 3 is 3.08 bits per heavy atom. The highest BCUT2D eigenvalue weighted by molar-refractivity contribution is 6.01. The lowest BCUT2D eigenvalue weighted by Gasteiger charge is -1.98. The Balaban J connectivity index is 2.18.